The van der Waals surface area contributed by atoms with Gasteiger partial charge in [-0.3, -0.25) is 24.0 Å². The topological polar surface area (TPSA) is 194 Å². The summed E-state index contributed by atoms with van der Waals surface area (Å²) in [6, 6.07) is 0. The van der Waals surface area contributed by atoms with E-state index in [-0.39, 0.29) is 41.3 Å². The molecular formula is C48H70ClN5O7. The second-order valence-electron chi connectivity index (χ2n) is 23.2. The summed E-state index contributed by atoms with van der Waals surface area (Å²) in [6.07, 6.45) is 8.43. The maximum absolute atomic E-state index is 14.9. The Balaban J connectivity index is 1.18. The van der Waals surface area contributed by atoms with Crippen LogP contribution in [-0.2, 0) is 39.0 Å². The number of hydrogen-bond donors (Lipinski definition) is 3. The van der Waals surface area contributed by atoms with Crippen LogP contribution in [0.1, 0.15) is 166 Å². The zero-order valence-electron chi connectivity index (χ0n) is 38.7. The lowest BCUT2D eigenvalue weighted by Gasteiger charge is -2.76. The Hall–Kier alpha value is -3.22. The van der Waals surface area contributed by atoms with Crippen molar-refractivity contribution in [3.8, 4) is 0 Å². The summed E-state index contributed by atoms with van der Waals surface area (Å²) >= 11 is 6.06. The molecule has 0 aromatic carbocycles. The predicted molar refractivity (Wildman–Crippen MR) is 232 cm³/mol. The van der Waals surface area contributed by atoms with E-state index in [0.717, 1.165) is 19.3 Å². The number of nitrogens with one attached hydrogen (secondary N) is 1. The minimum absolute atomic E-state index is 0.0609. The maximum Gasteiger partial charge on any atom is 0.312 e. The number of ether oxygens (including phenoxy) is 2. The lowest BCUT2D eigenvalue weighted by Crippen LogP contribution is -2.80. The number of hydrogen-bond acceptors (Lipinski definition) is 11. The second-order valence-corrected chi connectivity index (χ2v) is 23.7. The van der Waals surface area contributed by atoms with E-state index in [9.17, 15) is 24.0 Å². The molecule has 5 N–H and O–H groups in total. The molecule has 12 nitrogen and oxygen atoms in total. The van der Waals surface area contributed by atoms with E-state index >= 15 is 0 Å². The number of carbonyl (C=O) groups excluding carboxylic acids is 5. The molecule has 0 spiro atoms. The normalized spacial score (nSPS) is 37.5. The van der Waals surface area contributed by atoms with E-state index in [0.29, 0.717) is 66.9 Å². The van der Waals surface area contributed by atoms with Gasteiger partial charge in [0.1, 0.15) is 17.2 Å². The van der Waals surface area contributed by atoms with Crippen LogP contribution < -0.4 is 16.8 Å². The van der Waals surface area contributed by atoms with Gasteiger partial charge in [0.25, 0.3) is 5.91 Å². The summed E-state index contributed by atoms with van der Waals surface area (Å²) in [5.41, 5.74) is 9.46. The fourth-order valence-electron chi connectivity index (χ4n) is 13.8. The molecule has 336 valence electrons. The number of halogens is 1. The number of nitrogens with two attached hydrogens (primary N) is 2. The highest BCUT2D eigenvalue weighted by atomic mass is 35.5. The van der Waals surface area contributed by atoms with E-state index in [4.69, 9.17) is 32.5 Å². The summed E-state index contributed by atoms with van der Waals surface area (Å²) in [5.74, 6) is -1.99. The molecule has 1 aromatic heterocycles. The number of Topliss-reactive ketones (excluding diaryl/α,β-unsaturated/α-hetero) is 2. The van der Waals surface area contributed by atoms with Crippen molar-refractivity contribution >= 4 is 41.0 Å². The average Bonchev–Trinajstić information content (AvgIpc) is 3.85. The third kappa shape index (κ3) is 6.51. The monoisotopic (exact) mass is 863 g/mol. The Kier molecular flexibility index (Phi) is 10.6. The van der Waals surface area contributed by atoms with Crippen LogP contribution in [0.5, 0.6) is 0 Å². The van der Waals surface area contributed by atoms with E-state index in [2.05, 4.69) is 49.9 Å². The number of amides is 1. The summed E-state index contributed by atoms with van der Waals surface area (Å²) in [4.78, 5) is 78.8. The van der Waals surface area contributed by atoms with Gasteiger partial charge in [0, 0.05) is 35.3 Å². The number of nitrogens with zero attached hydrogens (tertiary/aromatic N) is 2. The summed E-state index contributed by atoms with van der Waals surface area (Å²) in [6.45, 7) is 24.0. The van der Waals surface area contributed by atoms with Crippen LogP contribution >= 0.6 is 11.6 Å². The zero-order chi connectivity index (χ0) is 45.4. The molecule has 1 heterocycles. The Morgan fingerprint density at radius 3 is 2.07 bits per heavy atom. The molecule has 8 atom stereocenters. The fraction of sp³-hybridized carbons (Fsp3) is 0.771. The van der Waals surface area contributed by atoms with Gasteiger partial charge < -0.3 is 26.3 Å². The number of carbonyl (C=O) groups is 5. The van der Waals surface area contributed by atoms with Crippen molar-refractivity contribution in [2.75, 3.05) is 0 Å². The number of aromatic nitrogens is 2. The molecule has 5 fully saturated rings. The van der Waals surface area contributed by atoms with Gasteiger partial charge in [-0.15, -0.1) is 0 Å². The Morgan fingerprint density at radius 2 is 1.49 bits per heavy atom. The summed E-state index contributed by atoms with van der Waals surface area (Å²) < 4.78 is 11.9. The average molecular weight is 865 g/mol. The maximum atomic E-state index is 14.9. The SMILES string of the molecule is CC(C)C1=C2C(C(=O)C(=O)NC3(c4ncc(Cl)cn4)CC3)(CCC3(C)C2(N)CCC2C3(C)CCC3(N)C(C)(C)C(OC(=O)CC(C)(C)C(=O)OC(C)(C)C)CCC23C)CC1=O. The molecule has 1 amide bonds. The third-order valence-electron chi connectivity index (χ3n) is 17.7. The minimum atomic E-state index is -1.34. The molecule has 7 rings (SSSR count). The van der Waals surface area contributed by atoms with Gasteiger partial charge in [-0.1, -0.05) is 60.1 Å². The first-order valence-corrected chi connectivity index (χ1v) is 22.9. The van der Waals surface area contributed by atoms with Crippen LogP contribution in [0, 0.1) is 44.3 Å². The van der Waals surface area contributed by atoms with Gasteiger partial charge in [0.05, 0.1) is 22.3 Å². The quantitative estimate of drug-likeness (QED) is 0.163. The Morgan fingerprint density at radius 1 is 0.869 bits per heavy atom. The van der Waals surface area contributed by atoms with Gasteiger partial charge in [-0.2, -0.15) is 0 Å². The van der Waals surface area contributed by atoms with Crippen LogP contribution in [0.4, 0.5) is 0 Å². The molecule has 6 aliphatic rings. The standard InChI is InChI=1S/C48H70ClN5O7/c1-27(2)33-29(55)23-45(35(57)36(58)54-46(20-21-46)37-52-25-28(49)26-53-37)19-18-44(12)42(10)17-22-48(51)41(8,9)31(60-32(56)24-40(6,7)38(59)61-39(3,4)5)14-15-43(48,11)30(42)13-16-47(44,50)34(33)45/h25-27,30-31H,13-24,50-51H2,1-12H3,(H,54,58). The third-order valence-corrected chi connectivity index (χ3v) is 17.9. The van der Waals surface area contributed by atoms with Crippen LogP contribution in [0.15, 0.2) is 23.5 Å². The molecule has 1 aromatic rings. The first kappa shape index (κ1) is 45.8. The van der Waals surface area contributed by atoms with Crippen LogP contribution in [0.3, 0.4) is 0 Å². The van der Waals surface area contributed by atoms with E-state index in [1.807, 2.05) is 13.8 Å². The van der Waals surface area contributed by atoms with Crippen LogP contribution in [-0.4, -0.2) is 62.2 Å². The lowest BCUT2D eigenvalue weighted by atomic mass is 9.30. The lowest BCUT2D eigenvalue weighted by molar-refractivity contribution is -0.245. The number of fused-ring (bicyclic) bond motifs is 7. The number of ketones is 2. The highest BCUT2D eigenvalue weighted by Gasteiger charge is 2.77. The van der Waals surface area contributed by atoms with Crippen molar-refractivity contribution in [2.24, 2.45) is 55.8 Å². The summed E-state index contributed by atoms with van der Waals surface area (Å²) in [5, 5.41) is 3.38. The summed E-state index contributed by atoms with van der Waals surface area (Å²) in [7, 11) is 0. The van der Waals surface area contributed by atoms with Crippen molar-refractivity contribution in [2.45, 2.75) is 188 Å². The van der Waals surface area contributed by atoms with Gasteiger partial charge in [0.2, 0.25) is 5.78 Å². The van der Waals surface area contributed by atoms with Crippen molar-refractivity contribution in [1.82, 2.24) is 15.3 Å². The highest BCUT2D eigenvalue weighted by molar-refractivity contribution is 6.40. The molecule has 0 radical (unpaired) electrons. The van der Waals surface area contributed by atoms with Gasteiger partial charge in [-0.05, 0) is 138 Å². The van der Waals surface area contributed by atoms with Gasteiger partial charge in [-0.25, -0.2) is 9.97 Å². The highest BCUT2D eigenvalue weighted by Crippen LogP contribution is 2.77. The minimum Gasteiger partial charge on any atom is -0.462 e. The van der Waals surface area contributed by atoms with Crippen LogP contribution in [0.25, 0.3) is 0 Å². The van der Waals surface area contributed by atoms with Crippen molar-refractivity contribution in [3.05, 3.63) is 34.4 Å². The van der Waals surface area contributed by atoms with E-state index in [1.54, 1.807) is 34.6 Å². The first-order chi connectivity index (χ1) is 27.9. The predicted octanol–water partition coefficient (Wildman–Crippen LogP) is 7.62. The van der Waals surface area contributed by atoms with Crippen molar-refractivity contribution in [1.29, 1.82) is 0 Å². The molecule has 6 aliphatic carbocycles. The second kappa shape index (κ2) is 14.1. The fourth-order valence-corrected chi connectivity index (χ4v) is 13.9. The Bertz CT molecular complexity index is 2090. The zero-order valence-corrected chi connectivity index (χ0v) is 39.4. The molecule has 0 bridgehead atoms. The molecule has 0 saturated heterocycles. The van der Waals surface area contributed by atoms with Crippen LogP contribution in [0.2, 0.25) is 5.02 Å². The molecule has 61 heavy (non-hydrogen) atoms. The van der Waals surface area contributed by atoms with Crippen molar-refractivity contribution < 1.29 is 33.4 Å². The van der Waals surface area contributed by atoms with E-state index < -0.39 is 73.6 Å². The Labute approximate surface area is 367 Å². The number of allylic oxidation sites excluding steroid dienone is 1. The van der Waals surface area contributed by atoms with Gasteiger partial charge >= 0.3 is 11.9 Å². The first-order valence-electron chi connectivity index (χ1n) is 22.5. The molecular weight excluding hydrogens is 794 g/mol. The van der Waals surface area contributed by atoms with Gasteiger partial charge in [0.15, 0.2) is 11.6 Å². The molecule has 5 saturated carbocycles. The molecule has 0 aliphatic heterocycles. The molecule has 13 heteroatoms. The van der Waals surface area contributed by atoms with E-state index in [1.165, 1.54) is 12.4 Å². The van der Waals surface area contributed by atoms with Crippen molar-refractivity contribution in [3.63, 3.8) is 0 Å². The largest absolute Gasteiger partial charge is 0.462 e. The number of esters is 2. The number of rotatable bonds is 9. The molecule has 8 unspecified atom stereocenters. The smallest absolute Gasteiger partial charge is 0.312 e.